The summed E-state index contributed by atoms with van der Waals surface area (Å²) in [5, 5.41) is 20.5. The number of nitrogens with one attached hydrogen (secondary N) is 4. The van der Waals surface area contributed by atoms with Gasteiger partial charge in [-0.15, -0.1) is 23.1 Å². The molecule has 0 radical (unpaired) electrons. The van der Waals surface area contributed by atoms with Crippen LogP contribution in [0.5, 0.6) is 0 Å². The number of thioether (sulfide) groups is 1. The van der Waals surface area contributed by atoms with Crippen LogP contribution in [0.1, 0.15) is 152 Å². The SMILES string of the molecule is Cc1ncsc1-c1ccc([C@H](C)NC(=O)[C@@H]2C[C@@H](O)CN2C(=O)[C@@H](NC(=O)CCCCCCCCN(C)CC[C@H](CSc2ccccc2)Nc2ccc(S(=O)(=O)NC(=O)c3ccc(N4CCN(CC5=C(c6ccc(Cl)cc6)CCC(C)(C)C5)CC4)cc3)cc2S(=O)(=O)C(F)(F)F)C(C)(C)C)cc1. The van der Waals surface area contributed by atoms with Gasteiger partial charge in [0.15, 0.2) is 0 Å². The molecule has 1 aromatic heterocycles. The van der Waals surface area contributed by atoms with Gasteiger partial charge in [0.2, 0.25) is 17.7 Å². The van der Waals surface area contributed by atoms with Crippen molar-refractivity contribution in [2.45, 2.75) is 176 Å². The van der Waals surface area contributed by atoms with Crippen molar-refractivity contribution in [2.75, 3.05) is 75.4 Å². The second-order valence-electron chi connectivity index (χ2n) is 29.1. The van der Waals surface area contributed by atoms with Crippen LogP contribution in [0.25, 0.3) is 16.0 Å². The number of aromatic nitrogens is 1. The maximum absolute atomic E-state index is 14.6. The van der Waals surface area contributed by atoms with Gasteiger partial charge in [0, 0.05) is 85.1 Å². The Labute approximate surface area is 613 Å². The van der Waals surface area contributed by atoms with Gasteiger partial charge in [-0.3, -0.25) is 24.1 Å². The fourth-order valence-corrected chi connectivity index (χ4v) is 17.4. The number of carbonyl (C=O) groups excluding carboxylic acids is 4. The number of β-amino-alcohol motifs (C(OH)–C–C–N with tert-alkyl or cyclic N) is 1. The molecule has 1 aliphatic carbocycles. The summed E-state index contributed by atoms with van der Waals surface area (Å²) in [6.45, 7) is 19.0. The first-order chi connectivity index (χ1) is 48.2. The Hall–Kier alpha value is -6.84. The van der Waals surface area contributed by atoms with E-state index in [0.29, 0.717) is 55.9 Å². The molecule has 0 bridgehead atoms. The fourth-order valence-electron chi connectivity index (χ4n) is 13.4. The van der Waals surface area contributed by atoms with E-state index in [1.54, 1.807) is 29.0 Å². The predicted molar refractivity (Wildman–Crippen MR) is 401 cm³/mol. The highest BCUT2D eigenvalue weighted by Crippen LogP contribution is 2.44. The van der Waals surface area contributed by atoms with Gasteiger partial charge in [-0.25, -0.2) is 26.5 Å². The van der Waals surface area contributed by atoms with E-state index < -0.39 is 82.3 Å². The Morgan fingerprint density at radius 3 is 2.13 bits per heavy atom. The average Bonchev–Trinajstić information content (AvgIpc) is 0.953. The molecule has 102 heavy (non-hydrogen) atoms. The highest BCUT2D eigenvalue weighted by Gasteiger charge is 2.49. The molecule has 9 rings (SSSR count). The number of anilines is 2. The van der Waals surface area contributed by atoms with Gasteiger partial charge in [0.05, 0.1) is 38.8 Å². The van der Waals surface area contributed by atoms with Crippen molar-refractivity contribution in [3.05, 3.63) is 160 Å². The lowest BCUT2D eigenvalue weighted by atomic mass is 9.73. The smallest absolute Gasteiger partial charge is 0.391 e. The summed E-state index contributed by atoms with van der Waals surface area (Å²) in [5.41, 5.74) is 2.69. The number of amides is 4. The Balaban J connectivity index is 0.736. The second-order valence-corrected chi connectivity index (χ2v) is 35.1. The summed E-state index contributed by atoms with van der Waals surface area (Å²) in [6.07, 6.45) is 7.61. The van der Waals surface area contributed by atoms with Gasteiger partial charge < -0.3 is 35.8 Å². The monoisotopic (exact) mass is 1500 g/mol. The maximum atomic E-state index is 14.6. The Bertz CT molecular complexity index is 4110. The minimum absolute atomic E-state index is 0.0293. The number of rotatable bonds is 31. The molecule has 0 spiro atoms. The Kier molecular flexibility index (Phi) is 27.1. The number of alkyl halides is 3. The number of hydrogen-bond acceptors (Lipinski definition) is 16. The molecule has 552 valence electrons. The molecule has 5 N–H and O–H groups in total. The molecule has 4 amide bonds. The first kappa shape index (κ1) is 79.3. The zero-order chi connectivity index (χ0) is 73.7. The van der Waals surface area contributed by atoms with Crippen LogP contribution in [0, 0.1) is 17.8 Å². The number of sulfonamides is 1. The highest BCUT2D eigenvalue weighted by atomic mass is 35.5. The lowest BCUT2D eigenvalue weighted by molar-refractivity contribution is -0.144. The number of nitrogens with zero attached hydrogens (tertiary/aromatic N) is 5. The van der Waals surface area contributed by atoms with Crippen molar-refractivity contribution < 1.29 is 54.3 Å². The molecule has 2 fully saturated rings. The fraction of sp³-hybridized carbons (Fsp3) is 0.487. The number of sulfone groups is 1. The number of halogens is 4. The molecule has 18 nitrogen and oxygen atoms in total. The number of aliphatic hydroxyl groups is 1. The molecule has 5 atom stereocenters. The number of allylic oxidation sites excluding steroid dienone is 1. The van der Waals surface area contributed by atoms with Crippen LogP contribution in [-0.4, -0.2) is 160 Å². The van der Waals surface area contributed by atoms with Crippen LogP contribution in [-0.2, 0) is 34.2 Å². The summed E-state index contributed by atoms with van der Waals surface area (Å²) in [4.78, 5) is 67.3. The minimum atomic E-state index is -6.15. The zero-order valence-electron chi connectivity index (χ0n) is 59.5. The van der Waals surface area contributed by atoms with Crippen molar-refractivity contribution >= 4 is 95.1 Å². The van der Waals surface area contributed by atoms with Crippen LogP contribution >= 0.6 is 34.7 Å². The summed E-state index contributed by atoms with van der Waals surface area (Å²) < 4.78 is 100. The van der Waals surface area contributed by atoms with Gasteiger partial charge >= 0.3 is 5.51 Å². The number of benzene rings is 5. The van der Waals surface area contributed by atoms with Gasteiger partial charge in [0.1, 0.15) is 17.0 Å². The predicted octanol–water partition coefficient (Wildman–Crippen LogP) is 14.0. The highest BCUT2D eigenvalue weighted by molar-refractivity contribution is 7.99. The van der Waals surface area contributed by atoms with Crippen molar-refractivity contribution in [2.24, 2.45) is 10.8 Å². The summed E-state index contributed by atoms with van der Waals surface area (Å²) in [7, 11) is -9.15. The molecule has 5 aromatic carbocycles. The number of unbranched alkanes of at least 4 members (excludes halogenated alkanes) is 5. The molecule has 0 saturated carbocycles. The molecule has 3 aliphatic rings. The number of hydrogen-bond donors (Lipinski definition) is 5. The van der Waals surface area contributed by atoms with Crippen LogP contribution in [0.4, 0.5) is 24.5 Å². The maximum Gasteiger partial charge on any atom is 0.501 e. The van der Waals surface area contributed by atoms with Crippen LogP contribution in [0.15, 0.2) is 147 Å². The number of carbonyl (C=O) groups is 4. The average molecular weight is 1500 g/mol. The van der Waals surface area contributed by atoms with E-state index in [2.05, 4.69) is 61.6 Å². The molecular weight excluding hydrogens is 1400 g/mol. The van der Waals surface area contributed by atoms with Gasteiger partial charge in [-0.05, 0) is 172 Å². The van der Waals surface area contributed by atoms with Crippen LogP contribution in [0.3, 0.4) is 0 Å². The molecule has 0 unspecified atom stereocenters. The summed E-state index contributed by atoms with van der Waals surface area (Å²) in [6, 6.07) is 31.2. The zero-order valence-corrected chi connectivity index (χ0v) is 63.5. The minimum Gasteiger partial charge on any atom is -0.391 e. The van der Waals surface area contributed by atoms with Gasteiger partial charge in [0.25, 0.3) is 25.8 Å². The van der Waals surface area contributed by atoms with Crippen molar-refractivity contribution in [1.29, 1.82) is 0 Å². The van der Waals surface area contributed by atoms with E-state index in [1.165, 1.54) is 45.5 Å². The standard InChI is InChI=1S/C76H97ClF3N9O9S4/c1-51(53-21-23-55(24-22-53)69-52(2)81-50-100-69)82-72(93)66-44-61(90)48-89(66)73(94)70(74(3,4)5)84-68(91)20-16-11-9-10-12-17-38-86(8)39-36-59(49-99-62-18-14-13-15-19-62)83-65-34-33-63(45-67(65)101(95,96)76(78,79)80)102(97,98)85-71(92)56-27-31-60(32-28-56)88-42-40-87(41-43-88)47-57-46-75(6,7)37-35-64(57)54-25-29-58(77)30-26-54/h13-15,18-19,21-34,45,50-51,59,61,66,70,83,90H,9-12,16-17,20,35-44,46-49H2,1-8H3,(H,82,93)(H,84,91)(H,85,92)/t51-,59+,61+,66-,70+/m0/s1. The van der Waals surface area contributed by atoms with E-state index in [1.807, 2.05) is 113 Å². The van der Waals surface area contributed by atoms with E-state index in [4.69, 9.17) is 11.6 Å². The van der Waals surface area contributed by atoms with Gasteiger partial charge in [-0.1, -0.05) is 132 Å². The van der Waals surface area contributed by atoms with E-state index in [-0.39, 0.29) is 48.2 Å². The lowest BCUT2D eigenvalue weighted by Crippen LogP contribution is -2.57. The molecule has 26 heteroatoms. The molecule has 2 saturated heterocycles. The molecule has 2 aliphatic heterocycles. The quantitative estimate of drug-likeness (QED) is 0.0201. The normalized spacial score (nSPS) is 17.9. The van der Waals surface area contributed by atoms with E-state index >= 15 is 0 Å². The molecular formula is C76H97ClF3N9O9S4. The third-order valence-electron chi connectivity index (χ3n) is 19.4. The Morgan fingerprint density at radius 1 is 0.824 bits per heavy atom. The van der Waals surface area contributed by atoms with Crippen molar-refractivity contribution in [3.63, 3.8) is 0 Å². The number of thiazole rings is 1. The van der Waals surface area contributed by atoms with Crippen LogP contribution in [0.2, 0.25) is 5.02 Å². The van der Waals surface area contributed by atoms with Gasteiger partial charge in [-0.2, -0.15) is 13.2 Å². The van der Waals surface area contributed by atoms with Crippen molar-refractivity contribution in [3.8, 4) is 10.4 Å². The molecule has 3 heterocycles. The number of likely N-dealkylation sites (tertiary alicyclic amines) is 1. The third kappa shape index (κ3) is 21.4. The van der Waals surface area contributed by atoms with E-state index in [0.717, 1.165) is 115 Å². The molecule has 6 aromatic rings. The summed E-state index contributed by atoms with van der Waals surface area (Å²) >= 11 is 9.20. The first-order valence-corrected chi connectivity index (χ1v) is 40.2. The topological polar surface area (TPSA) is 231 Å². The number of piperazine rings is 1. The van der Waals surface area contributed by atoms with E-state index in [9.17, 15) is 54.3 Å². The largest absolute Gasteiger partial charge is 0.501 e. The van der Waals surface area contributed by atoms with Crippen molar-refractivity contribution in [1.82, 2.24) is 35.0 Å². The lowest BCUT2D eigenvalue weighted by Gasteiger charge is -2.39. The summed E-state index contributed by atoms with van der Waals surface area (Å²) in [5.74, 6) is -1.85. The first-order valence-electron chi connectivity index (χ1n) is 35.0. The number of aliphatic hydroxyl groups excluding tert-OH is 1. The number of aryl methyl sites for hydroxylation is 1. The second kappa shape index (κ2) is 34.8. The Morgan fingerprint density at radius 2 is 1.48 bits per heavy atom. The third-order valence-corrected chi connectivity index (χ3v) is 24.7. The van der Waals surface area contributed by atoms with Crippen LogP contribution < -0.4 is 25.6 Å².